The molecule has 112 valence electrons. The van der Waals surface area contributed by atoms with Crippen LogP contribution in [0, 0.1) is 0 Å². The SMILES string of the molecule is CNC(Cc1csc(C2CSCCO2)n1)c1ccccc1. The van der Waals surface area contributed by atoms with E-state index in [1.807, 2.05) is 18.8 Å². The number of hydrogen-bond donors (Lipinski definition) is 1. The van der Waals surface area contributed by atoms with E-state index in [2.05, 4.69) is 41.0 Å². The highest BCUT2D eigenvalue weighted by molar-refractivity contribution is 7.99. The second-order valence-electron chi connectivity index (χ2n) is 5.07. The fourth-order valence-electron chi connectivity index (χ4n) is 2.48. The predicted octanol–water partition coefficient (Wildman–Crippen LogP) is 3.45. The van der Waals surface area contributed by atoms with Crippen LogP contribution in [0.25, 0.3) is 0 Å². The van der Waals surface area contributed by atoms with Crippen LogP contribution in [0.5, 0.6) is 0 Å². The molecule has 0 radical (unpaired) electrons. The Morgan fingerprint density at radius 2 is 2.24 bits per heavy atom. The van der Waals surface area contributed by atoms with E-state index >= 15 is 0 Å². The minimum Gasteiger partial charge on any atom is -0.369 e. The molecule has 21 heavy (non-hydrogen) atoms. The van der Waals surface area contributed by atoms with Crippen molar-refractivity contribution in [2.45, 2.75) is 18.6 Å². The number of nitrogens with zero attached hydrogens (tertiary/aromatic N) is 1. The van der Waals surface area contributed by atoms with Gasteiger partial charge in [-0.15, -0.1) is 11.3 Å². The minimum atomic E-state index is 0.187. The quantitative estimate of drug-likeness (QED) is 0.915. The monoisotopic (exact) mass is 320 g/mol. The zero-order chi connectivity index (χ0) is 14.5. The van der Waals surface area contributed by atoms with E-state index in [0.29, 0.717) is 6.04 Å². The maximum Gasteiger partial charge on any atom is 0.123 e. The smallest absolute Gasteiger partial charge is 0.123 e. The third-order valence-corrected chi connectivity index (χ3v) is 5.60. The molecule has 0 saturated carbocycles. The van der Waals surface area contributed by atoms with Gasteiger partial charge in [-0.3, -0.25) is 0 Å². The summed E-state index contributed by atoms with van der Waals surface area (Å²) in [7, 11) is 2.01. The molecule has 0 amide bonds. The number of ether oxygens (including phenoxy) is 1. The topological polar surface area (TPSA) is 34.1 Å². The lowest BCUT2D eigenvalue weighted by atomic mass is 10.0. The minimum absolute atomic E-state index is 0.187. The lowest BCUT2D eigenvalue weighted by molar-refractivity contribution is 0.0754. The zero-order valence-corrected chi connectivity index (χ0v) is 13.8. The van der Waals surface area contributed by atoms with E-state index in [1.165, 1.54) is 5.56 Å². The van der Waals surface area contributed by atoms with Gasteiger partial charge in [0.15, 0.2) is 0 Å². The Bertz CT molecular complexity index is 552. The van der Waals surface area contributed by atoms with Crippen LogP contribution < -0.4 is 5.32 Å². The van der Waals surface area contributed by atoms with Gasteiger partial charge in [-0.2, -0.15) is 11.8 Å². The molecule has 1 fully saturated rings. The van der Waals surface area contributed by atoms with E-state index < -0.39 is 0 Å². The Morgan fingerprint density at radius 1 is 1.38 bits per heavy atom. The molecule has 3 rings (SSSR count). The van der Waals surface area contributed by atoms with E-state index in [-0.39, 0.29) is 6.10 Å². The molecule has 1 saturated heterocycles. The molecule has 0 aliphatic carbocycles. The standard InChI is InChI=1S/C16H20N2OS2/c1-17-14(12-5-3-2-4-6-12)9-13-10-21-16(18-13)15-11-20-8-7-19-15/h2-6,10,14-15,17H,7-9,11H2,1H3. The molecule has 1 aliphatic heterocycles. The highest BCUT2D eigenvalue weighted by Crippen LogP contribution is 2.29. The van der Waals surface area contributed by atoms with Crippen molar-refractivity contribution in [3.63, 3.8) is 0 Å². The van der Waals surface area contributed by atoms with Gasteiger partial charge in [0.2, 0.25) is 0 Å². The van der Waals surface area contributed by atoms with Crippen molar-refractivity contribution in [3.8, 4) is 0 Å². The average Bonchev–Trinajstić information content (AvgIpc) is 3.03. The van der Waals surface area contributed by atoms with Crippen molar-refractivity contribution in [3.05, 3.63) is 52.0 Å². The summed E-state index contributed by atoms with van der Waals surface area (Å²) in [4.78, 5) is 4.79. The fourth-order valence-corrected chi connectivity index (χ4v) is 4.31. The summed E-state index contributed by atoms with van der Waals surface area (Å²) in [6, 6.07) is 10.8. The van der Waals surface area contributed by atoms with Crippen molar-refractivity contribution in [1.82, 2.24) is 10.3 Å². The van der Waals surface area contributed by atoms with Gasteiger partial charge < -0.3 is 10.1 Å². The van der Waals surface area contributed by atoms with Crippen molar-refractivity contribution < 1.29 is 4.74 Å². The predicted molar refractivity (Wildman–Crippen MR) is 90.1 cm³/mol. The molecular formula is C16H20N2OS2. The van der Waals surface area contributed by atoms with Crippen LogP contribution in [0.3, 0.4) is 0 Å². The first kappa shape index (κ1) is 15.0. The number of thioether (sulfide) groups is 1. The fraction of sp³-hybridized carbons (Fsp3) is 0.438. The normalized spacial score (nSPS) is 20.3. The summed E-state index contributed by atoms with van der Waals surface area (Å²) in [6.45, 7) is 0.841. The molecule has 5 heteroatoms. The largest absolute Gasteiger partial charge is 0.369 e. The molecule has 1 aliphatic rings. The summed E-state index contributed by atoms with van der Waals surface area (Å²) in [5, 5.41) is 6.68. The maximum atomic E-state index is 5.80. The summed E-state index contributed by atoms with van der Waals surface area (Å²) in [5.41, 5.74) is 2.45. The molecule has 0 spiro atoms. The van der Waals surface area contributed by atoms with Crippen molar-refractivity contribution >= 4 is 23.1 Å². The van der Waals surface area contributed by atoms with Gasteiger partial charge in [0.05, 0.1) is 12.3 Å². The molecule has 2 heterocycles. The van der Waals surface area contributed by atoms with E-state index in [0.717, 1.165) is 35.2 Å². The average molecular weight is 320 g/mol. The number of hydrogen-bond acceptors (Lipinski definition) is 5. The van der Waals surface area contributed by atoms with Crippen LogP contribution in [-0.2, 0) is 11.2 Å². The maximum absolute atomic E-state index is 5.80. The molecule has 2 unspecified atom stereocenters. The van der Waals surface area contributed by atoms with Crippen molar-refractivity contribution in [2.75, 3.05) is 25.2 Å². The molecule has 3 nitrogen and oxygen atoms in total. The van der Waals surface area contributed by atoms with E-state index in [9.17, 15) is 0 Å². The van der Waals surface area contributed by atoms with Gasteiger partial charge in [-0.1, -0.05) is 30.3 Å². The highest BCUT2D eigenvalue weighted by atomic mass is 32.2. The summed E-state index contributed by atoms with van der Waals surface area (Å²) < 4.78 is 5.80. The molecule has 0 bridgehead atoms. The van der Waals surface area contributed by atoms with Crippen LogP contribution in [0.15, 0.2) is 35.7 Å². The van der Waals surface area contributed by atoms with E-state index in [4.69, 9.17) is 9.72 Å². The third-order valence-electron chi connectivity index (χ3n) is 3.62. The van der Waals surface area contributed by atoms with Crippen LogP contribution in [-0.4, -0.2) is 30.1 Å². The lowest BCUT2D eigenvalue weighted by Crippen LogP contribution is -2.19. The Morgan fingerprint density at radius 3 is 2.95 bits per heavy atom. The molecule has 1 aromatic carbocycles. The molecule has 1 aromatic heterocycles. The molecular weight excluding hydrogens is 300 g/mol. The number of likely N-dealkylation sites (N-methyl/N-ethyl adjacent to an activating group) is 1. The first-order valence-electron chi connectivity index (χ1n) is 7.22. The number of nitrogens with one attached hydrogen (secondary N) is 1. The molecule has 1 N–H and O–H groups in total. The van der Waals surface area contributed by atoms with Gasteiger partial charge in [0, 0.05) is 29.3 Å². The first-order chi connectivity index (χ1) is 10.4. The van der Waals surface area contributed by atoms with Crippen LogP contribution >= 0.6 is 23.1 Å². The molecule has 2 atom stereocenters. The zero-order valence-electron chi connectivity index (χ0n) is 12.1. The Kier molecular flexibility index (Phi) is 5.30. The third kappa shape index (κ3) is 3.86. The number of rotatable bonds is 5. The number of aromatic nitrogens is 1. The van der Waals surface area contributed by atoms with Crippen LogP contribution in [0.1, 0.15) is 28.4 Å². The second-order valence-corrected chi connectivity index (χ2v) is 7.11. The van der Waals surface area contributed by atoms with Gasteiger partial charge in [0.25, 0.3) is 0 Å². The first-order valence-corrected chi connectivity index (χ1v) is 9.26. The van der Waals surface area contributed by atoms with Crippen LogP contribution in [0.2, 0.25) is 0 Å². The molecule has 2 aromatic rings. The second kappa shape index (κ2) is 7.40. The lowest BCUT2D eigenvalue weighted by Gasteiger charge is -2.20. The Labute approximate surface area is 134 Å². The van der Waals surface area contributed by atoms with Crippen LogP contribution in [0.4, 0.5) is 0 Å². The highest BCUT2D eigenvalue weighted by Gasteiger charge is 2.20. The van der Waals surface area contributed by atoms with Gasteiger partial charge in [-0.25, -0.2) is 4.98 Å². The van der Waals surface area contributed by atoms with E-state index in [1.54, 1.807) is 11.3 Å². The number of thiazole rings is 1. The Balaban J connectivity index is 1.68. The Hall–Kier alpha value is -0.880. The van der Waals surface area contributed by atoms with Gasteiger partial charge >= 0.3 is 0 Å². The number of benzene rings is 1. The summed E-state index contributed by atoms with van der Waals surface area (Å²) >= 11 is 3.68. The van der Waals surface area contributed by atoms with Crippen molar-refractivity contribution in [2.24, 2.45) is 0 Å². The summed E-state index contributed by atoms with van der Waals surface area (Å²) in [6.07, 6.45) is 1.10. The van der Waals surface area contributed by atoms with Crippen molar-refractivity contribution in [1.29, 1.82) is 0 Å². The van der Waals surface area contributed by atoms with Gasteiger partial charge in [-0.05, 0) is 12.6 Å². The van der Waals surface area contributed by atoms with Gasteiger partial charge in [0.1, 0.15) is 11.1 Å². The summed E-state index contributed by atoms with van der Waals surface area (Å²) in [5.74, 6) is 2.13.